The zero-order valence-electron chi connectivity index (χ0n) is 9.92. The lowest BCUT2D eigenvalue weighted by atomic mass is 9.94. The van der Waals surface area contributed by atoms with Gasteiger partial charge in [0.25, 0.3) is 0 Å². The fraction of sp³-hybridized carbons (Fsp3) is 0.909. The number of nitrogens with zero attached hydrogens (tertiary/aromatic N) is 2. The van der Waals surface area contributed by atoms with Crippen molar-refractivity contribution in [2.24, 2.45) is 0 Å². The van der Waals surface area contributed by atoms with Gasteiger partial charge >= 0.3 is 0 Å². The fourth-order valence-corrected chi connectivity index (χ4v) is 2.09. The summed E-state index contributed by atoms with van der Waals surface area (Å²) in [6.07, 6.45) is 2.25. The molecule has 0 aromatic rings. The van der Waals surface area contributed by atoms with E-state index in [0.29, 0.717) is 0 Å². The lowest BCUT2D eigenvalue weighted by molar-refractivity contribution is -0.0512. The number of hydrogen-bond donors (Lipinski definition) is 1. The van der Waals surface area contributed by atoms with Crippen molar-refractivity contribution in [3.8, 4) is 6.07 Å². The van der Waals surface area contributed by atoms with Crippen molar-refractivity contribution >= 4 is 0 Å². The molecule has 1 heterocycles. The number of methoxy groups -OCH3 is 1. The van der Waals surface area contributed by atoms with Gasteiger partial charge in [0.1, 0.15) is 6.04 Å². The van der Waals surface area contributed by atoms with E-state index in [1.807, 2.05) is 7.05 Å². The average Bonchev–Trinajstić information content (AvgIpc) is 2.26. The van der Waals surface area contributed by atoms with Crippen LogP contribution in [0, 0.1) is 11.3 Å². The Bertz CT molecular complexity index is 238. The minimum atomic E-state index is -0.0794. The Balaban J connectivity index is 2.47. The van der Waals surface area contributed by atoms with Crippen molar-refractivity contribution in [1.29, 1.82) is 5.26 Å². The highest BCUT2D eigenvalue weighted by Crippen LogP contribution is 2.23. The Kier molecular flexibility index (Phi) is 4.52. The third-order valence-corrected chi connectivity index (χ3v) is 3.18. The second-order valence-electron chi connectivity index (χ2n) is 4.46. The number of hydrogen-bond acceptors (Lipinski definition) is 4. The van der Waals surface area contributed by atoms with Crippen molar-refractivity contribution in [2.45, 2.75) is 31.4 Å². The first kappa shape index (κ1) is 12.4. The molecule has 0 bridgehead atoms. The smallest absolute Gasteiger partial charge is 0.108 e. The molecule has 1 N–H and O–H groups in total. The average molecular weight is 211 g/mol. The maximum Gasteiger partial charge on any atom is 0.108 e. The standard InChI is InChI=1S/C11H21N3O/c1-11(15-3)5-4-6-14(9-11)8-10(7-12)13-2/h10,13H,4-6,8-9H2,1-3H3. The van der Waals surface area contributed by atoms with Gasteiger partial charge in [-0.1, -0.05) is 0 Å². The van der Waals surface area contributed by atoms with Gasteiger partial charge < -0.3 is 10.1 Å². The van der Waals surface area contributed by atoms with Gasteiger partial charge in [-0.15, -0.1) is 0 Å². The van der Waals surface area contributed by atoms with E-state index in [0.717, 1.165) is 32.5 Å². The number of rotatable bonds is 4. The molecule has 2 unspecified atom stereocenters. The molecule has 4 heteroatoms. The lowest BCUT2D eigenvalue weighted by Crippen LogP contribution is -2.50. The molecular weight excluding hydrogens is 190 g/mol. The third kappa shape index (κ3) is 3.45. The van der Waals surface area contributed by atoms with Gasteiger partial charge in [-0.25, -0.2) is 0 Å². The highest BCUT2D eigenvalue weighted by Gasteiger charge is 2.31. The Hall–Kier alpha value is -0.630. The van der Waals surface area contributed by atoms with Crippen molar-refractivity contribution in [1.82, 2.24) is 10.2 Å². The summed E-state index contributed by atoms with van der Waals surface area (Å²) in [5.74, 6) is 0. The molecule has 0 aromatic heterocycles. The molecule has 1 rings (SSSR count). The second kappa shape index (κ2) is 5.45. The van der Waals surface area contributed by atoms with Gasteiger partial charge in [-0.2, -0.15) is 5.26 Å². The highest BCUT2D eigenvalue weighted by atomic mass is 16.5. The van der Waals surface area contributed by atoms with Gasteiger partial charge in [0.2, 0.25) is 0 Å². The number of nitrogens with one attached hydrogen (secondary N) is 1. The van der Waals surface area contributed by atoms with E-state index in [4.69, 9.17) is 10.00 Å². The summed E-state index contributed by atoms with van der Waals surface area (Å²) in [6, 6.07) is 2.17. The van der Waals surface area contributed by atoms with E-state index >= 15 is 0 Å². The Morgan fingerprint density at radius 2 is 2.40 bits per heavy atom. The molecule has 1 fully saturated rings. The molecule has 4 nitrogen and oxygen atoms in total. The first-order chi connectivity index (χ1) is 7.13. The maximum absolute atomic E-state index is 8.87. The van der Waals surface area contributed by atoms with Crippen LogP contribution in [0.25, 0.3) is 0 Å². The molecule has 86 valence electrons. The minimum absolute atomic E-state index is 0.0357. The SMILES string of the molecule is CNC(C#N)CN1CCCC(C)(OC)C1. The molecule has 0 spiro atoms. The number of likely N-dealkylation sites (N-methyl/N-ethyl adjacent to an activating group) is 1. The second-order valence-corrected chi connectivity index (χ2v) is 4.46. The number of ether oxygens (including phenoxy) is 1. The van der Waals surface area contributed by atoms with Crippen LogP contribution < -0.4 is 5.32 Å². The van der Waals surface area contributed by atoms with Crippen molar-refractivity contribution in [3.63, 3.8) is 0 Å². The lowest BCUT2D eigenvalue weighted by Gasteiger charge is -2.40. The van der Waals surface area contributed by atoms with Crippen LogP contribution in [-0.2, 0) is 4.74 Å². The summed E-state index contributed by atoms with van der Waals surface area (Å²) in [5, 5.41) is 11.9. The van der Waals surface area contributed by atoms with Crippen LogP contribution in [-0.4, -0.2) is 50.3 Å². The van der Waals surface area contributed by atoms with Gasteiger partial charge in [0.05, 0.1) is 11.7 Å². The molecule has 1 aliphatic heterocycles. The molecule has 1 aliphatic rings. The fourth-order valence-electron chi connectivity index (χ4n) is 2.09. The summed E-state index contributed by atoms with van der Waals surface area (Å²) in [7, 11) is 3.59. The molecule has 0 aromatic carbocycles. The molecule has 0 saturated carbocycles. The summed E-state index contributed by atoms with van der Waals surface area (Å²) < 4.78 is 5.51. The van der Waals surface area contributed by atoms with E-state index in [9.17, 15) is 0 Å². The number of nitriles is 1. The van der Waals surface area contributed by atoms with Crippen molar-refractivity contribution in [3.05, 3.63) is 0 Å². The van der Waals surface area contributed by atoms with Crippen LogP contribution in [0.1, 0.15) is 19.8 Å². The van der Waals surface area contributed by atoms with Crippen LogP contribution in [0.15, 0.2) is 0 Å². The molecule has 15 heavy (non-hydrogen) atoms. The Labute approximate surface area is 92.2 Å². The number of likely N-dealkylation sites (tertiary alicyclic amines) is 1. The zero-order valence-corrected chi connectivity index (χ0v) is 9.92. The number of piperidine rings is 1. The summed E-state index contributed by atoms with van der Waals surface area (Å²) >= 11 is 0. The predicted octanol–water partition coefficient (Wildman–Crippen LogP) is 0.599. The molecule has 0 amide bonds. The normalized spacial score (nSPS) is 29.7. The van der Waals surface area contributed by atoms with Crippen LogP contribution in [0.3, 0.4) is 0 Å². The van der Waals surface area contributed by atoms with E-state index in [2.05, 4.69) is 23.2 Å². The summed E-state index contributed by atoms with van der Waals surface area (Å²) in [6.45, 7) is 4.91. The third-order valence-electron chi connectivity index (χ3n) is 3.18. The molecule has 1 saturated heterocycles. The van der Waals surface area contributed by atoms with E-state index < -0.39 is 0 Å². The van der Waals surface area contributed by atoms with E-state index in [1.54, 1.807) is 7.11 Å². The van der Waals surface area contributed by atoms with Crippen LogP contribution in [0.2, 0.25) is 0 Å². The van der Waals surface area contributed by atoms with Crippen LogP contribution in [0.5, 0.6) is 0 Å². The van der Waals surface area contributed by atoms with E-state index in [1.165, 1.54) is 0 Å². The summed E-state index contributed by atoms with van der Waals surface area (Å²) in [5.41, 5.74) is -0.0357. The van der Waals surface area contributed by atoms with Crippen molar-refractivity contribution < 1.29 is 4.74 Å². The molecule has 0 aliphatic carbocycles. The van der Waals surface area contributed by atoms with E-state index in [-0.39, 0.29) is 11.6 Å². The monoisotopic (exact) mass is 211 g/mol. The quantitative estimate of drug-likeness (QED) is 0.739. The van der Waals surface area contributed by atoms with Gasteiger partial charge in [-0.3, -0.25) is 4.90 Å². The van der Waals surface area contributed by atoms with Crippen molar-refractivity contribution in [2.75, 3.05) is 33.8 Å². The van der Waals surface area contributed by atoms with Crippen LogP contribution >= 0.6 is 0 Å². The molecular formula is C11H21N3O. The minimum Gasteiger partial charge on any atom is -0.377 e. The summed E-state index contributed by atoms with van der Waals surface area (Å²) in [4.78, 5) is 2.30. The topological polar surface area (TPSA) is 48.3 Å². The zero-order chi connectivity index (χ0) is 11.3. The Morgan fingerprint density at radius 1 is 1.67 bits per heavy atom. The van der Waals surface area contributed by atoms with Gasteiger partial charge in [0, 0.05) is 20.2 Å². The van der Waals surface area contributed by atoms with Gasteiger partial charge in [-0.05, 0) is 33.4 Å². The first-order valence-electron chi connectivity index (χ1n) is 5.48. The predicted molar refractivity (Wildman–Crippen MR) is 59.5 cm³/mol. The van der Waals surface area contributed by atoms with Crippen LogP contribution in [0.4, 0.5) is 0 Å². The molecule has 2 atom stereocenters. The largest absolute Gasteiger partial charge is 0.377 e. The highest BCUT2D eigenvalue weighted by molar-refractivity contribution is 4.94. The van der Waals surface area contributed by atoms with Gasteiger partial charge in [0.15, 0.2) is 0 Å². The Morgan fingerprint density at radius 3 is 2.93 bits per heavy atom. The first-order valence-corrected chi connectivity index (χ1v) is 5.48. The maximum atomic E-state index is 8.87. The molecule has 0 radical (unpaired) electrons.